The van der Waals surface area contributed by atoms with Crippen molar-refractivity contribution in [1.29, 1.82) is 0 Å². The van der Waals surface area contributed by atoms with Crippen LogP contribution in [0.15, 0.2) is 48.5 Å². The summed E-state index contributed by atoms with van der Waals surface area (Å²) in [5.41, 5.74) is 1.13. The van der Waals surface area contributed by atoms with E-state index >= 15 is 0 Å². The Kier molecular flexibility index (Phi) is 6.28. The van der Waals surface area contributed by atoms with Gasteiger partial charge in [0.15, 0.2) is 0 Å². The molecule has 35 heavy (non-hydrogen) atoms. The van der Waals surface area contributed by atoms with E-state index in [9.17, 15) is 19.2 Å². The third kappa shape index (κ3) is 4.29. The first-order valence-electron chi connectivity index (χ1n) is 12.2. The zero-order valence-electron chi connectivity index (χ0n) is 19.6. The Balaban J connectivity index is 1.24. The molecule has 0 spiro atoms. The standard InChI is InChI=1S/C27H28N2O6/c1-2-34-23-10-6-5-9-22(23)28-16-17(15-24(28)30)27(33)35-19-13-11-18(12-14-19)29-25(31)20-7-3-4-8-21(20)26(29)32/h5-6,9-14,17,20-21H,2-4,7-8,15-16H2,1H3/t17-,20-,21-/m1/s1. The number of anilines is 2. The van der Waals surface area contributed by atoms with E-state index < -0.39 is 11.9 Å². The monoisotopic (exact) mass is 476 g/mol. The van der Waals surface area contributed by atoms with Crippen molar-refractivity contribution in [2.75, 3.05) is 23.0 Å². The molecule has 0 unspecified atom stereocenters. The summed E-state index contributed by atoms with van der Waals surface area (Å²) >= 11 is 0. The van der Waals surface area contributed by atoms with Gasteiger partial charge in [-0.15, -0.1) is 0 Å². The Hall–Kier alpha value is -3.68. The molecule has 2 aromatic carbocycles. The molecule has 8 nitrogen and oxygen atoms in total. The van der Waals surface area contributed by atoms with Gasteiger partial charge in [0, 0.05) is 13.0 Å². The molecule has 1 saturated carbocycles. The number of carbonyl (C=O) groups excluding carboxylic acids is 4. The number of para-hydroxylation sites is 2. The van der Waals surface area contributed by atoms with Gasteiger partial charge in [-0.05, 0) is 56.2 Å². The van der Waals surface area contributed by atoms with E-state index in [2.05, 4.69) is 0 Å². The number of hydrogen-bond acceptors (Lipinski definition) is 6. The van der Waals surface area contributed by atoms with Gasteiger partial charge in [-0.2, -0.15) is 0 Å². The van der Waals surface area contributed by atoms with E-state index in [-0.39, 0.29) is 42.5 Å². The molecular weight excluding hydrogens is 448 g/mol. The maximum atomic E-state index is 12.8. The molecule has 3 aliphatic rings. The first-order chi connectivity index (χ1) is 17.0. The summed E-state index contributed by atoms with van der Waals surface area (Å²) in [5, 5.41) is 0. The van der Waals surface area contributed by atoms with Crippen LogP contribution in [-0.2, 0) is 19.2 Å². The van der Waals surface area contributed by atoms with Crippen LogP contribution in [0.25, 0.3) is 0 Å². The van der Waals surface area contributed by atoms with Gasteiger partial charge >= 0.3 is 5.97 Å². The van der Waals surface area contributed by atoms with Gasteiger partial charge in [-0.1, -0.05) is 25.0 Å². The molecule has 2 aromatic rings. The van der Waals surface area contributed by atoms with Gasteiger partial charge in [-0.3, -0.25) is 24.1 Å². The zero-order chi connectivity index (χ0) is 24.5. The summed E-state index contributed by atoms with van der Waals surface area (Å²) in [7, 11) is 0. The molecule has 0 aromatic heterocycles. The number of carbonyl (C=O) groups is 4. The Morgan fingerprint density at radius 3 is 2.26 bits per heavy atom. The number of imide groups is 1. The minimum atomic E-state index is -0.610. The molecule has 2 aliphatic heterocycles. The number of fused-ring (bicyclic) bond motifs is 1. The van der Waals surface area contributed by atoms with Crippen LogP contribution in [0.2, 0.25) is 0 Å². The maximum Gasteiger partial charge on any atom is 0.316 e. The van der Waals surface area contributed by atoms with Crippen molar-refractivity contribution < 1.29 is 28.7 Å². The molecule has 3 fully saturated rings. The number of ether oxygens (including phenoxy) is 2. The molecule has 8 heteroatoms. The fourth-order valence-electron chi connectivity index (χ4n) is 5.34. The summed E-state index contributed by atoms with van der Waals surface area (Å²) in [6.07, 6.45) is 3.51. The number of nitrogens with zero attached hydrogens (tertiary/aromatic N) is 2. The summed E-state index contributed by atoms with van der Waals surface area (Å²) < 4.78 is 11.2. The highest BCUT2D eigenvalue weighted by atomic mass is 16.5. The number of amides is 3. The highest BCUT2D eigenvalue weighted by Crippen LogP contribution is 2.40. The zero-order valence-corrected chi connectivity index (χ0v) is 19.6. The molecule has 2 heterocycles. The summed E-state index contributed by atoms with van der Waals surface area (Å²) in [5.74, 6) is -1.09. The van der Waals surface area contributed by atoms with Crippen molar-refractivity contribution in [3.63, 3.8) is 0 Å². The van der Waals surface area contributed by atoms with E-state index in [1.165, 1.54) is 4.90 Å². The second-order valence-corrected chi connectivity index (χ2v) is 9.23. The minimum absolute atomic E-state index is 0.0525. The smallest absolute Gasteiger partial charge is 0.316 e. The molecule has 0 radical (unpaired) electrons. The van der Waals surface area contributed by atoms with Crippen LogP contribution in [0.4, 0.5) is 11.4 Å². The molecule has 0 bridgehead atoms. The lowest BCUT2D eigenvalue weighted by atomic mass is 9.81. The van der Waals surface area contributed by atoms with Gasteiger partial charge < -0.3 is 14.4 Å². The fraction of sp³-hybridized carbons (Fsp3) is 0.407. The Labute approximate surface area is 203 Å². The SMILES string of the molecule is CCOc1ccccc1N1C[C@H](C(=O)Oc2ccc(N3C(=O)[C@@H]4CCCC[C@H]4C3=O)cc2)CC1=O. The van der Waals surface area contributed by atoms with Crippen LogP contribution in [-0.4, -0.2) is 36.8 Å². The predicted octanol–water partition coefficient (Wildman–Crippen LogP) is 3.72. The van der Waals surface area contributed by atoms with Gasteiger partial charge in [-0.25, -0.2) is 0 Å². The van der Waals surface area contributed by atoms with Crippen LogP contribution in [0.5, 0.6) is 11.5 Å². The van der Waals surface area contributed by atoms with E-state index in [1.54, 1.807) is 41.3 Å². The summed E-state index contributed by atoms with van der Waals surface area (Å²) in [6.45, 7) is 2.55. The van der Waals surface area contributed by atoms with Crippen LogP contribution in [0, 0.1) is 17.8 Å². The van der Waals surface area contributed by atoms with Crippen molar-refractivity contribution in [2.24, 2.45) is 17.8 Å². The highest BCUT2D eigenvalue weighted by Gasteiger charge is 2.48. The Morgan fingerprint density at radius 2 is 1.60 bits per heavy atom. The predicted molar refractivity (Wildman–Crippen MR) is 128 cm³/mol. The van der Waals surface area contributed by atoms with Crippen LogP contribution in [0.3, 0.4) is 0 Å². The van der Waals surface area contributed by atoms with Gasteiger partial charge in [0.2, 0.25) is 17.7 Å². The van der Waals surface area contributed by atoms with Crippen LogP contribution >= 0.6 is 0 Å². The lowest BCUT2D eigenvalue weighted by Crippen LogP contribution is -2.30. The van der Waals surface area contributed by atoms with Gasteiger partial charge in [0.1, 0.15) is 11.5 Å². The lowest BCUT2D eigenvalue weighted by Gasteiger charge is -2.20. The average Bonchev–Trinajstić information content (AvgIpc) is 3.38. The second kappa shape index (κ2) is 9.52. The van der Waals surface area contributed by atoms with Crippen molar-refractivity contribution in [3.8, 4) is 11.5 Å². The maximum absolute atomic E-state index is 12.8. The first kappa shape index (κ1) is 23.1. The quantitative estimate of drug-likeness (QED) is 0.358. The lowest BCUT2D eigenvalue weighted by molar-refractivity contribution is -0.139. The first-order valence-corrected chi connectivity index (χ1v) is 12.2. The van der Waals surface area contributed by atoms with Gasteiger partial charge in [0.05, 0.1) is 35.7 Å². The molecule has 3 amide bonds. The van der Waals surface area contributed by atoms with Crippen LogP contribution in [0.1, 0.15) is 39.0 Å². The molecular formula is C27H28N2O6. The number of benzene rings is 2. The molecule has 1 aliphatic carbocycles. The molecule has 0 N–H and O–H groups in total. The Morgan fingerprint density at radius 1 is 0.943 bits per heavy atom. The van der Waals surface area contributed by atoms with Gasteiger partial charge in [0.25, 0.3) is 0 Å². The van der Waals surface area contributed by atoms with Crippen molar-refractivity contribution in [2.45, 2.75) is 39.0 Å². The topological polar surface area (TPSA) is 93.2 Å². The minimum Gasteiger partial charge on any atom is -0.492 e. The number of hydrogen-bond donors (Lipinski definition) is 0. The third-order valence-corrected chi connectivity index (χ3v) is 7.07. The van der Waals surface area contributed by atoms with Crippen LogP contribution < -0.4 is 19.3 Å². The third-order valence-electron chi connectivity index (χ3n) is 7.07. The van der Waals surface area contributed by atoms with Crippen molar-refractivity contribution >= 4 is 35.1 Å². The fourth-order valence-corrected chi connectivity index (χ4v) is 5.34. The molecule has 182 valence electrons. The average molecular weight is 477 g/mol. The molecule has 5 rings (SSSR count). The number of rotatable bonds is 6. The summed E-state index contributed by atoms with van der Waals surface area (Å²) in [4.78, 5) is 53.9. The second-order valence-electron chi connectivity index (χ2n) is 9.23. The largest absolute Gasteiger partial charge is 0.492 e. The summed E-state index contributed by atoms with van der Waals surface area (Å²) in [6, 6.07) is 13.7. The van der Waals surface area contributed by atoms with E-state index in [1.807, 2.05) is 19.1 Å². The normalized spacial score (nSPS) is 24.0. The van der Waals surface area contributed by atoms with E-state index in [0.717, 1.165) is 25.7 Å². The Bertz CT molecular complexity index is 1140. The van der Waals surface area contributed by atoms with E-state index in [4.69, 9.17) is 9.47 Å². The molecule has 2 saturated heterocycles. The van der Waals surface area contributed by atoms with Crippen molar-refractivity contribution in [3.05, 3.63) is 48.5 Å². The van der Waals surface area contributed by atoms with Crippen molar-refractivity contribution in [1.82, 2.24) is 0 Å². The molecule has 3 atom stereocenters. The number of esters is 1. The van der Waals surface area contributed by atoms with E-state index in [0.29, 0.717) is 29.5 Å². The highest BCUT2D eigenvalue weighted by molar-refractivity contribution is 6.22.